The molecule has 17 heavy (non-hydrogen) atoms. The molecule has 94 valence electrons. The maximum absolute atomic E-state index is 11.6. The number of nitrogens with zero attached hydrogens (tertiary/aromatic N) is 3. The van der Waals surface area contributed by atoms with Gasteiger partial charge >= 0.3 is 5.97 Å². The molecule has 0 aliphatic carbocycles. The maximum atomic E-state index is 11.6. The molecule has 1 saturated heterocycles. The summed E-state index contributed by atoms with van der Waals surface area (Å²) in [5.41, 5.74) is 5.44. The Kier molecular flexibility index (Phi) is 2.82. The van der Waals surface area contributed by atoms with Crippen LogP contribution in [0.5, 0.6) is 0 Å². The third kappa shape index (κ3) is 1.88. The Hall–Kier alpha value is -1.56. The van der Waals surface area contributed by atoms with Crippen LogP contribution in [-0.4, -0.2) is 45.9 Å². The van der Waals surface area contributed by atoms with Gasteiger partial charge in [0.1, 0.15) is 11.2 Å². The van der Waals surface area contributed by atoms with E-state index in [9.17, 15) is 9.90 Å². The van der Waals surface area contributed by atoms with Crippen LogP contribution >= 0.6 is 0 Å². The van der Waals surface area contributed by atoms with Crippen molar-refractivity contribution in [2.24, 2.45) is 7.05 Å². The number of aryl methyl sites for hydroxylation is 1. The highest BCUT2D eigenvalue weighted by molar-refractivity contribution is 5.81. The van der Waals surface area contributed by atoms with Crippen molar-refractivity contribution in [1.82, 2.24) is 14.7 Å². The summed E-state index contributed by atoms with van der Waals surface area (Å²) in [6.45, 7) is 1.53. The molecule has 1 fully saturated rings. The van der Waals surface area contributed by atoms with Crippen LogP contribution in [0.2, 0.25) is 0 Å². The van der Waals surface area contributed by atoms with E-state index >= 15 is 0 Å². The van der Waals surface area contributed by atoms with Crippen LogP contribution in [0.4, 0.5) is 5.82 Å². The zero-order valence-electron chi connectivity index (χ0n) is 10.2. The van der Waals surface area contributed by atoms with Crippen LogP contribution in [-0.2, 0) is 17.3 Å². The first-order chi connectivity index (χ1) is 7.95. The van der Waals surface area contributed by atoms with E-state index in [0.29, 0.717) is 24.4 Å². The number of carbonyl (C=O) groups is 1. The number of nitrogens with two attached hydrogens (primary N) is 1. The van der Waals surface area contributed by atoms with E-state index in [2.05, 4.69) is 10.00 Å². The molecule has 1 aromatic heterocycles. The number of aromatic nitrogens is 2. The van der Waals surface area contributed by atoms with E-state index in [1.54, 1.807) is 13.1 Å². The normalized spacial score (nSPS) is 20.4. The average Bonchev–Trinajstić information content (AvgIpc) is 2.60. The molecule has 2 rings (SSSR count). The number of rotatable bonds is 2. The molecule has 3 N–H and O–H groups in total. The molecule has 0 saturated carbocycles. The lowest BCUT2D eigenvalue weighted by Crippen LogP contribution is -2.46. The van der Waals surface area contributed by atoms with E-state index in [0.717, 1.165) is 13.1 Å². The summed E-state index contributed by atoms with van der Waals surface area (Å²) >= 11 is 0. The molecule has 0 unspecified atom stereocenters. The minimum atomic E-state index is -0.873. The number of nitrogen functional groups attached to an aromatic ring is 1. The fraction of sp³-hybridized carbons (Fsp3) is 0.636. The quantitative estimate of drug-likeness (QED) is 0.760. The molecule has 0 atom stereocenters. The lowest BCUT2D eigenvalue weighted by Gasteiger charge is -2.36. The standard InChI is InChI=1S/C11H18N4O2/c1-14-5-3-11(4-6-14,10(16)17)8-7-9(12)15(2)13-8/h7H,3-6,12H2,1-2H3,(H,16,17). The number of aliphatic carboxylic acids is 1. The summed E-state index contributed by atoms with van der Waals surface area (Å²) < 4.78 is 1.53. The number of likely N-dealkylation sites (tertiary alicyclic amines) is 1. The molecule has 0 aromatic carbocycles. The Labute approximate surface area is 100 Å². The first-order valence-electron chi connectivity index (χ1n) is 5.67. The van der Waals surface area contributed by atoms with Crippen molar-refractivity contribution in [3.8, 4) is 0 Å². The number of piperidine rings is 1. The van der Waals surface area contributed by atoms with Crippen LogP contribution in [0.1, 0.15) is 18.5 Å². The second kappa shape index (κ2) is 4.03. The average molecular weight is 238 g/mol. The monoisotopic (exact) mass is 238 g/mol. The number of anilines is 1. The number of carboxylic acid groups (broad SMARTS) is 1. The van der Waals surface area contributed by atoms with E-state index in [1.807, 2.05) is 7.05 Å². The third-order valence-electron chi connectivity index (χ3n) is 3.66. The van der Waals surface area contributed by atoms with Gasteiger partial charge in [-0.05, 0) is 33.0 Å². The van der Waals surface area contributed by atoms with Gasteiger partial charge < -0.3 is 15.7 Å². The Bertz CT molecular complexity index is 413. The fourth-order valence-electron chi connectivity index (χ4n) is 2.30. The Morgan fingerprint density at radius 1 is 1.47 bits per heavy atom. The first-order valence-corrected chi connectivity index (χ1v) is 5.67. The minimum absolute atomic E-state index is 0.500. The van der Waals surface area contributed by atoms with Gasteiger partial charge in [-0.2, -0.15) is 5.10 Å². The van der Waals surface area contributed by atoms with Crippen LogP contribution in [0.3, 0.4) is 0 Å². The van der Waals surface area contributed by atoms with Gasteiger partial charge in [-0.15, -0.1) is 0 Å². The lowest BCUT2D eigenvalue weighted by atomic mass is 9.76. The fourth-order valence-corrected chi connectivity index (χ4v) is 2.30. The molecule has 0 amide bonds. The zero-order valence-corrected chi connectivity index (χ0v) is 10.2. The molecule has 0 bridgehead atoms. The molecule has 1 aromatic rings. The van der Waals surface area contributed by atoms with Gasteiger partial charge in [0, 0.05) is 13.1 Å². The van der Waals surface area contributed by atoms with Crippen molar-refractivity contribution in [1.29, 1.82) is 0 Å². The summed E-state index contributed by atoms with van der Waals surface area (Å²) in [5.74, 6) is -0.303. The summed E-state index contributed by atoms with van der Waals surface area (Å²) in [4.78, 5) is 13.7. The van der Waals surface area contributed by atoms with Crippen molar-refractivity contribution in [3.05, 3.63) is 11.8 Å². The molecule has 6 heteroatoms. The van der Waals surface area contributed by atoms with Gasteiger partial charge in [0.2, 0.25) is 0 Å². The zero-order chi connectivity index (χ0) is 12.6. The second-order valence-corrected chi connectivity index (χ2v) is 4.77. The molecule has 0 spiro atoms. The highest BCUT2D eigenvalue weighted by Gasteiger charge is 2.44. The molecule has 0 radical (unpaired) electrons. The van der Waals surface area contributed by atoms with E-state index in [-0.39, 0.29) is 0 Å². The number of hydrogen-bond donors (Lipinski definition) is 2. The van der Waals surface area contributed by atoms with Gasteiger partial charge in [0.15, 0.2) is 0 Å². The number of hydrogen-bond acceptors (Lipinski definition) is 4. The SMILES string of the molecule is CN1CCC(C(=O)O)(c2cc(N)n(C)n2)CC1. The van der Waals surface area contributed by atoms with Crippen molar-refractivity contribution in [2.45, 2.75) is 18.3 Å². The van der Waals surface area contributed by atoms with Crippen LogP contribution in [0.15, 0.2) is 6.07 Å². The minimum Gasteiger partial charge on any atom is -0.481 e. The van der Waals surface area contributed by atoms with Crippen LogP contribution < -0.4 is 5.73 Å². The van der Waals surface area contributed by atoms with E-state index in [4.69, 9.17) is 5.73 Å². The Morgan fingerprint density at radius 3 is 2.47 bits per heavy atom. The molecular weight excluding hydrogens is 220 g/mol. The summed E-state index contributed by atoms with van der Waals surface area (Å²) in [7, 11) is 3.72. The van der Waals surface area contributed by atoms with Crippen molar-refractivity contribution in [2.75, 3.05) is 25.9 Å². The van der Waals surface area contributed by atoms with Crippen LogP contribution in [0.25, 0.3) is 0 Å². The van der Waals surface area contributed by atoms with Crippen molar-refractivity contribution >= 4 is 11.8 Å². The lowest BCUT2D eigenvalue weighted by molar-refractivity contribution is -0.146. The maximum Gasteiger partial charge on any atom is 0.315 e. The van der Waals surface area contributed by atoms with Gasteiger partial charge in [-0.25, -0.2) is 0 Å². The Balaban J connectivity index is 2.38. The molecular formula is C11H18N4O2. The van der Waals surface area contributed by atoms with Crippen molar-refractivity contribution < 1.29 is 9.90 Å². The van der Waals surface area contributed by atoms with Gasteiger partial charge in [0.25, 0.3) is 0 Å². The van der Waals surface area contributed by atoms with E-state index in [1.165, 1.54) is 4.68 Å². The molecule has 1 aliphatic heterocycles. The Morgan fingerprint density at radius 2 is 2.06 bits per heavy atom. The smallest absolute Gasteiger partial charge is 0.315 e. The van der Waals surface area contributed by atoms with Crippen molar-refractivity contribution in [3.63, 3.8) is 0 Å². The highest BCUT2D eigenvalue weighted by Crippen LogP contribution is 2.35. The number of carboxylic acids is 1. The highest BCUT2D eigenvalue weighted by atomic mass is 16.4. The first kappa shape index (κ1) is 11.9. The van der Waals surface area contributed by atoms with Gasteiger partial charge in [-0.1, -0.05) is 0 Å². The van der Waals surface area contributed by atoms with E-state index < -0.39 is 11.4 Å². The molecule has 6 nitrogen and oxygen atoms in total. The molecule has 2 heterocycles. The van der Waals surface area contributed by atoms with Gasteiger partial charge in [-0.3, -0.25) is 9.48 Å². The largest absolute Gasteiger partial charge is 0.481 e. The van der Waals surface area contributed by atoms with Gasteiger partial charge in [0.05, 0.1) is 5.69 Å². The summed E-state index contributed by atoms with van der Waals surface area (Å²) in [6.07, 6.45) is 1.16. The predicted octanol–water partition coefficient (Wildman–Crippen LogP) is 0.0503. The summed E-state index contributed by atoms with van der Waals surface area (Å²) in [6, 6.07) is 1.68. The third-order valence-corrected chi connectivity index (χ3v) is 3.66. The second-order valence-electron chi connectivity index (χ2n) is 4.77. The predicted molar refractivity (Wildman–Crippen MR) is 63.7 cm³/mol. The molecule has 1 aliphatic rings. The topological polar surface area (TPSA) is 84.4 Å². The summed E-state index contributed by atoms with van der Waals surface area (Å²) in [5, 5.41) is 13.8. The van der Waals surface area contributed by atoms with Crippen LogP contribution in [0, 0.1) is 0 Å².